The second-order valence-electron chi connectivity index (χ2n) is 5.76. The molecule has 0 aromatic heterocycles. The normalized spacial score (nSPS) is 24.8. The highest BCUT2D eigenvalue weighted by Gasteiger charge is 2.46. The maximum atomic E-state index is 12.2. The Hall–Kier alpha value is -2.74. The molecule has 1 fully saturated rings. The summed E-state index contributed by atoms with van der Waals surface area (Å²) in [5, 5.41) is 19.7. The molecule has 0 bridgehead atoms. The summed E-state index contributed by atoms with van der Waals surface area (Å²) in [5.74, 6) is -1.26. The van der Waals surface area contributed by atoms with Crippen molar-refractivity contribution in [1.29, 1.82) is 0 Å². The van der Waals surface area contributed by atoms with E-state index in [1.54, 1.807) is 60.7 Å². The van der Waals surface area contributed by atoms with Crippen LogP contribution in [0.1, 0.15) is 20.7 Å². The van der Waals surface area contributed by atoms with Crippen molar-refractivity contribution in [3.8, 4) is 0 Å². The van der Waals surface area contributed by atoms with Gasteiger partial charge in [-0.05, 0) is 24.3 Å². The summed E-state index contributed by atoms with van der Waals surface area (Å²) in [5.41, 5.74) is 0.644. The number of aliphatic hydroxyl groups is 2. The highest BCUT2D eigenvalue weighted by Crippen LogP contribution is 2.24. The van der Waals surface area contributed by atoms with Crippen molar-refractivity contribution in [3.63, 3.8) is 0 Å². The SMILES string of the molecule is O=C(OC[C@H]1O[C@H](O)[C@H](O)[C@H]1OC(=O)c1ccccc1)c1ccccc1. The van der Waals surface area contributed by atoms with Crippen LogP contribution >= 0.6 is 0 Å². The van der Waals surface area contributed by atoms with Crippen LogP contribution in [-0.4, -0.2) is 53.4 Å². The monoisotopic (exact) mass is 358 g/mol. The fraction of sp³-hybridized carbons (Fsp3) is 0.263. The van der Waals surface area contributed by atoms with E-state index in [2.05, 4.69) is 0 Å². The molecule has 136 valence electrons. The largest absolute Gasteiger partial charge is 0.459 e. The fourth-order valence-electron chi connectivity index (χ4n) is 2.58. The number of benzene rings is 2. The molecule has 2 N–H and O–H groups in total. The summed E-state index contributed by atoms with van der Waals surface area (Å²) in [7, 11) is 0. The van der Waals surface area contributed by atoms with E-state index in [0.717, 1.165) is 0 Å². The van der Waals surface area contributed by atoms with Crippen LogP contribution in [0.25, 0.3) is 0 Å². The van der Waals surface area contributed by atoms with Crippen LogP contribution in [0.5, 0.6) is 0 Å². The highest BCUT2D eigenvalue weighted by molar-refractivity contribution is 5.90. The van der Waals surface area contributed by atoms with Crippen LogP contribution in [0.2, 0.25) is 0 Å². The van der Waals surface area contributed by atoms with E-state index in [9.17, 15) is 19.8 Å². The summed E-state index contributed by atoms with van der Waals surface area (Å²) in [6.07, 6.45) is -5.13. The molecule has 7 nitrogen and oxygen atoms in total. The van der Waals surface area contributed by atoms with Crippen molar-refractivity contribution in [1.82, 2.24) is 0 Å². The Balaban J connectivity index is 1.63. The molecule has 2 aromatic rings. The average molecular weight is 358 g/mol. The van der Waals surface area contributed by atoms with Gasteiger partial charge >= 0.3 is 11.9 Å². The quantitative estimate of drug-likeness (QED) is 0.773. The first kappa shape index (κ1) is 18.1. The molecule has 26 heavy (non-hydrogen) atoms. The molecule has 3 rings (SSSR count). The lowest BCUT2D eigenvalue weighted by atomic mass is 10.1. The Morgan fingerprint density at radius 2 is 1.42 bits per heavy atom. The Kier molecular flexibility index (Phi) is 5.62. The molecular formula is C19H18O7. The zero-order chi connectivity index (χ0) is 18.5. The van der Waals surface area contributed by atoms with E-state index in [1.807, 2.05) is 0 Å². The Morgan fingerprint density at radius 1 is 0.885 bits per heavy atom. The first-order valence-electron chi connectivity index (χ1n) is 8.06. The van der Waals surface area contributed by atoms with E-state index in [1.165, 1.54) is 0 Å². The molecule has 4 atom stereocenters. The van der Waals surface area contributed by atoms with Crippen LogP contribution in [-0.2, 0) is 14.2 Å². The van der Waals surface area contributed by atoms with Gasteiger partial charge in [0.25, 0.3) is 0 Å². The van der Waals surface area contributed by atoms with Gasteiger partial charge in [0.15, 0.2) is 12.4 Å². The lowest BCUT2D eigenvalue weighted by Crippen LogP contribution is -2.39. The molecule has 1 aliphatic rings. The fourth-order valence-corrected chi connectivity index (χ4v) is 2.58. The van der Waals surface area contributed by atoms with Gasteiger partial charge in [0.05, 0.1) is 11.1 Å². The molecule has 7 heteroatoms. The molecule has 0 aliphatic carbocycles. The Labute approximate surface area is 149 Å². The molecule has 1 heterocycles. The third-order valence-electron chi connectivity index (χ3n) is 3.95. The second-order valence-corrected chi connectivity index (χ2v) is 5.76. The zero-order valence-corrected chi connectivity index (χ0v) is 13.7. The van der Waals surface area contributed by atoms with Crippen molar-refractivity contribution in [2.75, 3.05) is 6.61 Å². The van der Waals surface area contributed by atoms with E-state index >= 15 is 0 Å². The molecule has 0 radical (unpaired) electrons. The predicted octanol–water partition coefficient (Wildman–Crippen LogP) is 1.15. The molecule has 0 spiro atoms. The molecule has 1 saturated heterocycles. The van der Waals surface area contributed by atoms with Gasteiger partial charge in [-0.1, -0.05) is 36.4 Å². The molecule has 0 saturated carbocycles. The topological polar surface area (TPSA) is 102 Å². The van der Waals surface area contributed by atoms with Gasteiger partial charge in [0, 0.05) is 0 Å². The lowest BCUT2D eigenvalue weighted by molar-refractivity contribution is -0.133. The maximum Gasteiger partial charge on any atom is 0.338 e. The van der Waals surface area contributed by atoms with Crippen molar-refractivity contribution < 1.29 is 34.0 Å². The Morgan fingerprint density at radius 3 is 2.00 bits per heavy atom. The van der Waals surface area contributed by atoms with E-state index in [4.69, 9.17) is 14.2 Å². The van der Waals surface area contributed by atoms with Gasteiger partial charge in [0.1, 0.15) is 18.8 Å². The minimum atomic E-state index is -1.54. The van der Waals surface area contributed by atoms with Gasteiger partial charge in [-0.15, -0.1) is 0 Å². The number of esters is 2. The van der Waals surface area contributed by atoms with E-state index in [-0.39, 0.29) is 6.61 Å². The van der Waals surface area contributed by atoms with E-state index < -0.39 is 36.5 Å². The lowest BCUT2D eigenvalue weighted by Gasteiger charge is -2.20. The number of ether oxygens (including phenoxy) is 3. The number of carbonyl (C=O) groups excluding carboxylic acids is 2. The average Bonchev–Trinajstić information content (AvgIpc) is 2.95. The summed E-state index contributed by atoms with van der Waals surface area (Å²) >= 11 is 0. The van der Waals surface area contributed by atoms with Gasteiger partial charge in [-0.25, -0.2) is 9.59 Å². The molecule has 2 aromatic carbocycles. The minimum absolute atomic E-state index is 0.283. The van der Waals surface area contributed by atoms with Crippen LogP contribution in [0.3, 0.4) is 0 Å². The number of aliphatic hydroxyl groups excluding tert-OH is 2. The minimum Gasteiger partial charge on any atom is -0.459 e. The van der Waals surface area contributed by atoms with Gasteiger partial charge in [-0.3, -0.25) is 0 Å². The number of rotatable bonds is 5. The third-order valence-corrected chi connectivity index (χ3v) is 3.95. The van der Waals surface area contributed by atoms with Crippen molar-refractivity contribution in [3.05, 3.63) is 71.8 Å². The number of hydrogen-bond acceptors (Lipinski definition) is 7. The number of carbonyl (C=O) groups is 2. The molecular weight excluding hydrogens is 340 g/mol. The summed E-state index contributed by atoms with van der Waals surface area (Å²) in [4.78, 5) is 24.2. The van der Waals surface area contributed by atoms with Gasteiger partial charge in [-0.2, -0.15) is 0 Å². The van der Waals surface area contributed by atoms with Crippen molar-refractivity contribution in [2.24, 2.45) is 0 Å². The summed E-state index contributed by atoms with van der Waals surface area (Å²) in [6, 6.07) is 16.6. The first-order chi connectivity index (χ1) is 12.6. The highest BCUT2D eigenvalue weighted by atomic mass is 16.7. The zero-order valence-electron chi connectivity index (χ0n) is 13.7. The third kappa shape index (κ3) is 4.08. The molecule has 1 aliphatic heterocycles. The smallest absolute Gasteiger partial charge is 0.338 e. The second kappa shape index (κ2) is 8.09. The van der Waals surface area contributed by atoms with Crippen molar-refractivity contribution >= 4 is 11.9 Å². The predicted molar refractivity (Wildman–Crippen MR) is 89.3 cm³/mol. The molecule has 0 amide bonds. The van der Waals surface area contributed by atoms with Crippen molar-refractivity contribution in [2.45, 2.75) is 24.6 Å². The number of hydrogen-bond donors (Lipinski definition) is 2. The Bertz CT molecular complexity index is 747. The van der Waals surface area contributed by atoms with Crippen LogP contribution in [0.15, 0.2) is 60.7 Å². The van der Waals surface area contributed by atoms with Crippen LogP contribution in [0, 0.1) is 0 Å². The van der Waals surface area contributed by atoms with Crippen LogP contribution in [0.4, 0.5) is 0 Å². The summed E-state index contributed by atoms with van der Waals surface area (Å²) < 4.78 is 15.6. The van der Waals surface area contributed by atoms with Crippen LogP contribution < -0.4 is 0 Å². The molecule has 0 unspecified atom stereocenters. The van der Waals surface area contributed by atoms with E-state index in [0.29, 0.717) is 11.1 Å². The summed E-state index contributed by atoms with van der Waals surface area (Å²) in [6.45, 7) is -0.283. The van der Waals surface area contributed by atoms with Gasteiger partial charge in [0.2, 0.25) is 0 Å². The van der Waals surface area contributed by atoms with Gasteiger partial charge < -0.3 is 24.4 Å². The standard InChI is InChI=1S/C19H18O7/c20-15-16(26-18(22)13-9-5-2-6-10-13)14(25-19(15)23)11-24-17(21)12-7-3-1-4-8-12/h1-10,14-16,19-20,23H,11H2/t14-,15-,16+,19+/m1/s1. The maximum absolute atomic E-state index is 12.2. The first-order valence-corrected chi connectivity index (χ1v) is 8.06.